The number of aliphatic carboxylic acids is 2. The van der Waals surface area contributed by atoms with Crippen LogP contribution in [0.15, 0.2) is 24.8 Å². The minimum atomic E-state index is -1.83. The SMILES string of the molecule is C=CC(=O)O.O=C(O)C=CC1(F)CCCO1. The van der Waals surface area contributed by atoms with E-state index in [1.807, 2.05) is 0 Å². The summed E-state index contributed by atoms with van der Waals surface area (Å²) >= 11 is 0. The molecule has 1 fully saturated rings. The largest absolute Gasteiger partial charge is 0.478 e. The van der Waals surface area contributed by atoms with Crippen molar-refractivity contribution >= 4 is 11.9 Å². The first-order valence-corrected chi connectivity index (χ1v) is 4.50. The fourth-order valence-electron chi connectivity index (χ4n) is 0.954. The van der Waals surface area contributed by atoms with Gasteiger partial charge in [-0.15, -0.1) is 0 Å². The van der Waals surface area contributed by atoms with E-state index in [-0.39, 0.29) is 6.42 Å². The second kappa shape index (κ2) is 6.73. The highest BCUT2D eigenvalue weighted by Gasteiger charge is 2.31. The number of carboxylic acid groups (broad SMARTS) is 2. The third kappa shape index (κ3) is 6.72. The maximum Gasteiger partial charge on any atom is 0.328 e. The van der Waals surface area contributed by atoms with Crippen molar-refractivity contribution in [3.05, 3.63) is 24.8 Å². The summed E-state index contributed by atoms with van der Waals surface area (Å²) in [4.78, 5) is 19.2. The lowest BCUT2D eigenvalue weighted by atomic mass is 10.2. The second-order valence-corrected chi connectivity index (χ2v) is 2.95. The van der Waals surface area contributed by atoms with Gasteiger partial charge in [0.25, 0.3) is 0 Å². The summed E-state index contributed by atoms with van der Waals surface area (Å²) in [6.45, 7) is 3.32. The molecule has 6 heteroatoms. The van der Waals surface area contributed by atoms with Crippen molar-refractivity contribution in [1.82, 2.24) is 0 Å². The Morgan fingerprint density at radius 1 is 1.38 bits per heavy atom. The Kier molecular flexibility index (Phi) is 6.02. The first-order chi connectivity index (χ1) is 7.39. The number of rotatable bonds is 3. The van der Waals surface area contributed by atoms with E-state index < -0.39 is 17.8 Å². The molecule has 0 aromatic carbocycles. The van der Waals surface area contributed by atoms with Crippen LogP contribution in [0.25, 0.3) is 0 Å². The van der Waals surface area contributed by atoms with Gasteiger partial charge in [-0.2, -0.15) is 0 Å². The monoisotopic (exact) mass is 232 g/mol. The van der Waals surface area contributed by atoms with Gasteiger partial charge in [-0.3, -0.25) is 0 Å². The van der Waals surface area contributed by atoms with Crippen LogP contribution in [0.2, 0.25) is 0 Å². The molecular formula is C10H13FO5. The maximum absolute atomic E-state index is 13.1. The Morgan fingerprint density at radius 3 is 2.25 bits per heavy atom. The van der Waals surface area contributed by atoms with E-state index in [1.165, 1.54) is 0 Å². The number of alkyl halides is 1. The zero-order chi connectivity index (χ0) is 12.6. The van der Waals surface area contributed by atoms with E-state index in [1.54, 1.807) is 0 Å². The van der Waals surface area contributed by atoms with Gasteiger partial charge in [0.05, 0.1) is 6.61 Å². The van der Waals surface area contributed by atoms with Crippen molar-refractivity contribution in [2.75, 3.05) is 6.61 Å². The fourth-order valence-corrected chi connectivity index (χ4v) is 0.954. The molecule has 1 rings (SSSR count). The van der Waals surface area contributed by atoms with Crippen molar-refractivity contribution < 1.29 is 28.9 Å². The fraction of sp³-hybridized carbons (Fsp3) is 0.400. The van der Waals surface area contributed by atoms with E-state index in [0.29, 0.717) is 13.0 Å². The third-order valence-electron chi connectivity index (χ3n) is 1.65. The van der Waals surface area contributed by atoms with Crippen LogP contribution in [0.5, 0.6) is 0 Å². The first-order valence-electron chi connectivity index (χ1n) is 4.50. The summed E-state index contributed by atoms with van der Waals surface area (Å²) < 4.78 is 17.8. The van der Waals surface area contributed by atoms with E-state index >= 15 is 0 Å². The molecule has 1 aliphatic rings. The van der Waals surface area contributed by atoms with Crippen LogP contribution in [0.4, 0.5) is 4.39 Å². The lowest BCUT2D eigenvalue weighted by Crippen LogP contribution is -2.17. The lowest BCUT2D eigenvalue weighted by molar-refractivity contribution is -0.132. The highest BCUT2D eigenvalue weighted by Crippen LogP contribution is 2.28. The van der Waals surface area contributed by atoms with Crippen molar-refractivity contribution in [3.8, 4) is 0 Å². The number of hydrogen-bond acceptors (Lipinski definition) is 3. The summed E-state index contributed by atoms with van der Waals surface area (Å²) in [5.74, 6) is -3.97. The van der Waals surface area contributed by atoms with Crippen LogP contribution in [0, 0.1) is 0 Å². The summed E-state index contributed by atoms with van der Waals surface area (Å²) in [5, 5.41) is 15.8. The predicted octanol–water partition coefficient (Wildman–Crippen LogP) is 1.36. The van der Waals surface area contributed by atoms with Crippen molar-refractivity contribution in [1.29, 1.82) is 0 Å². The number of carboxylic acids is 2. The van der Waals surface area contributed by atoms with Gasteiger partial charge in [0, 0.05) is 18.6 Å². The minimum absolute atomic E-state index is 0.247. The summed E-state index contributed by atoms with van der Waals surface area (Å²) in [6, 6.07) is 0. The lowest BCUT2D eigenvalue weighted by Gasteiger charge is -2.11. The number of carbonyl (C=O) groups is 2. The normalized spacial score (nSPS) is 23.6. The van der Waals surface area contributed by atoms with Crippen LogP contribution in [0.1, 0.15) is 12.8 Å². The van der Waals surface area contributed by atoms with Gasteiger partial charge in [0.15, 0.2) is 0 Å². The van der Waals surface area contributed by atoms with Gasteiger partial charge in [-0.1, -0.05) is 6.58 Å². The highest BCUT2D eigenvalue weighted by molar-refractivity contribution is 5.79. The summed E-state index contributed by atoms with van der Waals surface area (Å²) in [5.41, 5.74) is 0. The van der Waals surface area contributed by atoms with Crippen LogP contribution >= 0.6 is 0 Å². The standard InChI is InChI=1S/C7H9FO3.C3H4O2/c8-7(3-1-5-11-7)4-2-6(9)10;1-2-3(4)5/h2,4H,1,3,5H2,(H,9,10);2H,1H2,(H,4,5). The molecule has 1 heterocycles. The zero-order valence-corrected chi connectivity index (χ0v) is 8.56. The molecule has 0 bridgehead atoms. The van der Waals surface area contributed by atoms with E-state index in [2.05, 4.69) is 11.3 Å². The molecule has 0 aliphatic carbocycles. The van der Waals surface area contributed by atoms with Gasteiger partial charge < -0.3 is 14.9 Å². The van der Waals surface area contributed by atoms with Crippen molar-refractivity contribution in [3.63, 3.8) is 0 Å². The average Bonchev–Trinajstić information content (AvgIpc) is 2.64. The molecule has 0 aromatic heterocycles. The maximum atomic E-state index is 13.1. The summed E-state index contributed by atoms with van der Waals surface area (Å²) in [7, 11) is 0. The second-order valence-electron chi connectivity index (χ2n) is 2.95. The van der Waals surface area contributed by atoms with Gasteiger partial charge in [0.1, 0.15) is 0 Å². The Balaban J connectivity index is 0.000000385. The molecule has 1 saturated heterocycles. The Morgan fingerprint density at radius 2 is 1.94 bits per heavy atom. The molecule has 0 aromatic rings. The van der Waals surface area contributed by atoms with Crippen LogP contribution < -0.4 is 0 Å². The van der Waals surface area contributed by atoms with Gasteiger partial charge >= 0.3 is 11.9 Å². The topological polar surface area (TPSA) is 83.8 Å². The molecule has 5 nitrogen and oxygen atoms in total. The molecular weight excluding hydrogens is 219 g/mol. The molecule has 16 heavy (non-hydrogen) atoms. The zero-order valence-electron chi connectivity index (χ0n) is 8.56. The quantitative estimate of drug-likeness (QED) is 0.718. The Bertz CT molecular complexity index is 292. The van der Waals surface area contributed by atoms with E-state index in [4.69, 9.17) is 10.2 Å². The molecule has 1 aliphatic heterocycles. The van der Waals surface area contributed by atoms with Crippen molar-refractivity contribution in [2.45, 2.75) is 18.7 Å². The first kappa shape index (κ1) is 14.3. The molecule has 0 saturated carbocycles. The number of ether oxygens (including phenoxy) is 1. The third-order valence-corrected chi connectivity index (χ3v) is 1.65. The van der Waals surface area contributed by atoms with Crippen LogP contribution in [0.3, 0.4) is 0 Å². The predicted molar refractivity (Wildman–Crippen MR) is 53.6 cm³/mol. The molecule has 1 atom stereocenters. The highest BCUT2D eigenvalue weighted by atomic mass is 19.2. The molecule has 0 spiro atoms. The number of hydrogen-bond donors (Lipinski definition) is 2. The van der Waals surface area contributed by atoms with Gasteiger partial charge in [-0.05, 0) is 12.5 Å². The molecule has 2 N–H and O–H groups in total. The Hall–Kier alpha value is -1.69. The minimum Gasteiger partial charge on any atom is -0.478 e. The van der Waals surface area contributed by atoms with Crippen LogP contribution in [-0.2, 0) is 14.3 Å². The number of halogens is 1. The van der Waals surface area contributed by atoms with Crippen LogP contribution in [-0.4, -0.2) is 34.6 Å². The Labute approximate surface area is 91.8 Å². The molecule has 1 unspecified atom stereocenters. The summed E-state index contributed by atoms with van der Waals surface area (Å²) in [6.07, 6.45) is 3.44. The average molecular weight is 232 g/mol. The molecule has 0 radical (unpaired) electrons. The van der Waals surface area contributed by atoms with Crippen molar-refractivity contribution in [2.24, 2.45) is 0 Å². The molecule has 90 valence electrons. The van der Waals surface area contributed by atoms with Gasteiger partial charge in [0.2, 0.25) is 5.85 Å². The van der Waals surface area contributed by atoms with E-state index in [0.717, 1.165) is 18.2 Å². The van der Waals surface area contributed by atoms with Gasteiger partial charge in [-0.25, -0.2) is 14.0 Å². The van der Waals surface area contributed by atoms with E-state index in [9.17, 15) is 14.0 Å². The molecule has 0 amide bonds. The smallest absolute Gasteiger partial charge is 0.328 e.